The molecule has 1 aromatic rings. The average Bonchev–Trinajstić information content (AvgIpc) is 2.68. The van der Waals surface area contributed by atoms with Gasteiger partial charge in [-0.1, -0.05) is 11.6 Å². The van der Waals surface area contributed by atoms with Crippen molar-refractivity contribution in [2.75, 3.05) is 38.2 Å². The predicted molar refractivity (Wildman–Crippen MR) is 104 cm³/mol. The molecule has 0 radical (unpaired) electrons. The number of methoxy groups -OCH3 is 1. The quantitative estimate of drug-likeness (QED) is 0.793. The van der Waals surface area contributed by atoms with E-state index in [1.807, 2.05) is 18.2 Å². The maximum Gasteiger partial charge on any atom is 0.168 e. The highest BCUT2D eigenvalue weighted by Crippen LogP contribution is 2.32. The van der Waals surface area contributed by atoms with Gasteiger partial charge in [-0.3, -0.25) is 4.79 Å². The Labute approximate surface area is 159 Å². The molecule has 0 amide bonds. The van der Waals surface area contributed by atoms with Crippen LogP contribution in [0.4, 0.5) is 5.69 Å². The molecule has 2 heterocycles. The molecule has 3 aliphatic rings. The van der Waals surface area contributed by atoms with Crippen LogP contribution in [0.1, 0.15) is 32.1 Å². The molecular weight excluding hydrogens is 350 g/mol. The van der Waals surface area contributed by atoms with E-state index < -0.39 is 0 Å². The number of Topliss-reactive ketones (excluding diaryl/α,β-unsaturated/α-hetero) is 1. The molecule has 6 heteroatoms. The van der Waals surface area contributed by atoms with Crippen LogP contribution in [0, 0.1) is 0 Å². The van der Waals surface area contributed by atoms with Crippen molar-refractivity contribution >= 4 is 28.9 Å². The number of halogens is 1. The number of anilines is 1. The summed E-state index contributed by atoms with van der Waals surface area (Å²) >= 11 is 6.41. The largest absolute Gasteiger partial charge is 0.497 e. The zero-order chi connectivity index (χ0) is 18.1. The number of hydrogen-bond acceptors (Lipinski definition) is 5. The van der Waals surface area contributed by atoms with E-state index >= 15 is 0 Å². The van der Waals surface area contributed by atoms with Crippen LogP contribution in [0.3, 0.4) is 0 Å². The highest BCUT2D eigenvalue weighted by Gasteiger charge is 2.29. The minimum absolute atomic E-state index is 0.283. The van der Waals surface area contributed by atoms with Crippen molar-refractivity contribution in [2.45, 2.75) is 32.1 Å². The maximum atomic E-state index is 12.5. The van der Waals surface area contributed by atoms with Gasteiger partial charge in [0.1, 0.15) is 11.6 Å². The number of piperazine rings is 1. The van der Waals surface area contributed by atoms with Gasteiger partial charge < -0.3 is 14.5 Å². The molecule has 5 nitrogen and oxygen atoms in total. The van der Waals surface area contributed by atoms with Crippen LogP contribution in [0.25, 0.3) is 0 Å². The number of carbonyl (C=O) groups is 1. The SMILES string of the molecule is COc1ccc(N2CCN(C3=NC4=C(CCCC4)C(=O)C3)CC2)c(Cl)c1. The van der Waals surface area contributed by atoms with Gasteiger partial charge in [0.15, 0.2) is 5.78 Å². The zero-order valence-corrected chi connectivity index (χ0v) is 15.9. The van der Waals surface area contributed by atoms with E-state index in [9.17, 15) is 4.79 Å². The molecule has 0 bridgehead atoms. The summed E-state index contributed by atoms with van der Waals surface area (Å²) in [6, 6.07) is 5.80. The van der Waals surface area contributed by atoms with Crippen LogP contribution >= 0.6 is 11.6 Å². The minimum Gasteiger partial charge on any atom is -0.497 e. The first-order chi connectivity index (χ1) is 12.7. The van der Waals surface area contributed by atoms with E-state index in [0.717, 1.165) is 80.4 Å². The Hall–Kier alpha value is -2.01. The lowest BCUT2D eigenvalue weighted by atomic mass is 9.90. The predicted octanol–water partition coefficient (Wildman–Crippen LogP) is 3.67. The second kappa shape index (κ2) is 7.31. The Morgan fingerprint density at radius 3 is 2.54 bits per heavy atom. The van der Waals surface area contributed by atoms with Crippen molar-refractivity contribution in [1.29, 1.82) is 0 Å². The Balaban J connectivity index is 1.45. The number of hydrogen-bond donors (Lipinski definition) is 0. The molecule has 4 rings (SSSR count). The molecule has 0 saturated carbocycles. The summed E-state index contributed by atoms with van der Waals surface area (Å²) in [6.07, 6.45) is 4.59. The van der Waals surface area contributed by atoms with E-state index in [1.54, 1.807) is 7.11 Å². The van der Waals surface area contributed by atoms with Crippen molar-refractivity contribution in [3.05, 3.63) is 34.5 Å². The summed E-state index contributed by atoms with van der Waals surface area (Å²) in [5, 5.41) is 0.708. The molecule has 1 fully saturated rings. The lowest BCUT2D eigenvalue weighted by Crippen LogP contribution is -2.49. The monoisotopic (exact) mass is 373 g/mol. The Morgan fingerprint density at radius 1 is 1.08 bits per heavy atom. The lowest BCUT2D eigenvalue weighted by molar-refractivity contribution is -0.115. The fourth-order valence-electron chi connectivity index (χ4n) is 4.02. The van der Waals surface area contributed by atoms with Crippen molar-refractivity contribution < 1.29 is 9.53 Å². The van der Waals surface area contributed by atoms with Crippen LogP contribution in [0.15, 0.2) is 34.5 Å². The van der Waals surface area contributed by atoms with Crippen molar-refractivity contribution in [2.24, 2.45) is 4.99 Å². The number of aliphatic imine (C=N–C) groups is 1. The number of nitrogens with zero attached hydrogens (tertiary/aromatic N) is 3. The number of rotatable bonds is 2. The van der Waals surface area contributed by atoms with Gasteiger partial charge in [0.05, 0.1) is 24.2 Å². The normalized spacial score (nSPS) is 20.8. The highest BCUT2D eigenvalue weighted by atomic mass is 35.5. The van der Waals surface area contributed by atoms with Crippen molar-refractivity contribution in [3.63, 3.8) is 0 Å². The highest BCUT2D eigenvalue weighted by molar-refractivity contribution is 6.33. The van der Waals surface area contributed by atoms with Crippen LogP contribution in [-0.4, -0.2) is 49.8 Å². The van der Waals surface area contributed by atoms with Gasteiger partial charge in [-0.2, -0.15) is 0 Å². The van der Waals surface area contributed by atoms with Crippen molar-refractivity contribution in [3.8, 4) is 5.75 Å². The molecule has 1 aliphatic carbocycles. The third-order valence-electron chi connectivity index (χ3n) is 5.50. The molecule has 1 aromatic carbocycles. The van der Waals surface area contributed by atoms with Crippen LogP contribution < -0.4 is 9.64 Å². The van der Waals surface area contributed by atoms with Gasteiger partial charge in [-0.15, -0.1) is 0 Å². The molecule has 138 valence electrons. The van der Waals surface area contributed by atoms with Gasteiger partial charge in [0, 0.05) is 43.5 Å². The number of allylic oxidation sites excluding steroid dienone is 2. The van der Waals surface area contributed by atoms with E-state index in [1.165, 1.54) is 0 Å². The summed E-state index contributed by atoms with van der Waals surface area (Å²) in [5.41, 5.74) is 3.07. The second-order valence-electron chi connectivity index (χ2n) is 7.05. The minimum atomic E-state index is 0.283. The van der Waals surface area contributed by atoms with Crippen LogP contribution in [0.2, 0.25) is 5.02 Å². The van der Waals surface area contributed by atoms with Gasteiger partial charge in [-0.05, 0) is 37.8 Å². The topological polar surface area (TPSA) is 45.1 Å². The summed E-state index contributed by atoms with van der Waals surface area (Å²) < 4.78 is 5.22. The molecule has 0 atom stereocenters. The third kappa shape index (κ3) is 3.32. The molecule has 1 saturated heterocycles. The number of benzene rings is 1. The fraction of sp³-hybridized carbons (Fsp3) is 0.500. The van der Waals surface area contributed by atoms with Crippen molar-refractivity contribution in [1.82, 2.24) is 4.90 Å². The molecule has 0 aromatic heterocycles. The molecular formula is C20H24ClN3O2. The Bertz CT molecular complexity index is 779. The zero-order valence-electron chi connectivity index (χ0n) is 15.1. The van der Waals surface area contributed by atoms with Gasteiger partial charge >= 0.3 is 0 Å². The summed E-state index contributed by atoms with van der Waals surface area (Å²) in [4.78, 5) is 21.9. The Morgan fingerprint density at radius 2 is 1.81 bits per heavy atom. The standard InChI is InChI=1S/C20H24ClN3O2/c1-26-14-6-7-18(16(21)12-14)23-8-10-24(11-9-23)20-13-19(25)15-4-2-3-5-17(15)22-20/h6-7,12H,2-5,8-11,13H2,1H3. The smallest absolute Gasteiger partial charge is 0.168 e. The van der Waals surface area contributed by atoms with E-state index in [2.05, 4.69) is 9.80 Å². The van der Waals surface area contributed by atoms with Crippen LogP contribution in [0.5, 0.6) is 5.75 Å². The fourth-order valence-corrected chi connectivity index (χ4v) is 4.31. The maximum absolute atomic E-state index is 12.5. The third-order valence-corrected chi connectivity index (χ3v) is 5.80. The van der Waals surface area contributed by atoms with E-state index in [4.69, 9.17) is 21.3 Å². The van der Waals surface area contributed by atoms with Crippen LogP contribution in [-0.2, 0) is 4.79 Å². The summed E-state index contributed by atoms with van der Waals surface area (Å²) in [7, 11) is 1.64. The molecule has 0 unspecified atom stereocenters. The van der Waals surface area contributed by atoms with Gasteiger partial charge in [-0.25, -0.2) is 4.99 Å². The average molecular weight is 374 g/mol. The lowest BCUT2D eigenvalue weighted by Gasteiger charge is -2.39. The van der Waals surface area contributed by atoms with Gasteiger partial charge in [0.25, 0.3) is 0 Å². The Kier molecular flexibility index (Phi) is 4.90. The molecule has 0 spiro atoms. The molecule has 2 aliphatic heterocycles. The first-order valence-electron chi connectivity index (χ1n) is 9.32. The van der Waals surface area contributed by atoms with Gasteiger partial charge in [0.2, 0.25) is 0 Å². The van der Waals surface area contributed by atoms with E-state index in [0.29, 0.717) is 11.4 Å². The van der Waals surface area contributed by atoms with E-state index in [-0.39, 0.29) is 5.78 Å². The first-order valence-corrected chi connectivity index (χ1v) is 9.70. The number of ketones is 1. The first kappa shape index (κ1) is 17.4. The molecule has 0 N–H and O–H groups in total. The number of carbonyl (C=O) groups excluding carboxylic acids is 1. The summed E-state index contributed by atoms with van der Waals surface area (Å²) in [5.74, 6) is 2.01. The second-order valence-corrected chi connectivity index (χ2v) is 7.46. The number of amidine groups is 1. The summed E-state index contributed by atoms with van der Waals surface area (Å²) in [6.45, 7) is 3.45. The number of ether oxygens (including phenoxy) is 1. The molecule has 26 heavy (non-hydrogen) atoms.